The number of aromatic amines is 2. The molecule has 4 unspecified atom stereocenters. The number of carboxylic acid groups (broad SMARTS) is 2. The van der Waals surface area contributed by atoms with Crippen LogP contribution in [0.15, 0.2) is 43.0 Å². The van der Waals surface area contributed by atoms with Crippen LogP contribution in [0, 0.1) is 0 Å². The van der Waals surface area contributed by atoms with Crippen molar-refractivity contribution in [3.05, 3.63) is 54.2 Å². The van der Waals surface area contributed by atoms with Crippen LogP contribution in [0.2, 0.25) is 0 Å². The molecule has 3 aromatic rings. The highest BCUT2D eigenvalue weighted by atomic mass is 16.4. The van der Waals surface area contributed by atoms with Gasteiger partial charge in [0.2, 0.25) is 23.6 Å². The highest BCUT2D eigenvalue weighted by Gasteiger charge is 2.32. The first kappa shape index (κ1) is 30.3. The lowest BCUT2D eigenvalue weighted by atomic mass is 10.0. The van der Waals surface area contributed by atoms with Gasteiger partial charge in [-0.25, -0.2) is 9.78 Å². The molecule has 0 bridgehead atoms. The van der Waals surface area contributed by atoms with Gasteiger partial charge in [-0.15, -0.1) is 0 Å². The van der Waals surface area contributed by atoms with Gasteiger partial charge in [0.25, 0.3) is 0 Å². The van der Waals surface area contributed by atoms with Crippen LogP contribution in [0.5, 0.6) is 0 Å². The molecule has 11 N–H and O–H groups in total. The number of hydrogen-bond acceptors (Lipinski definition) is 8. The average molecular weight is 571 g/mol. The second kappa shape index (κ2) is 13.7. The summed E-state index contributed by atoms with van der Waals surface area (Å²) in [6.07, 6.45) is 2.71. The summed E-state index contributed by atoms with van der Waals surface area (Å²) < 4.78 is 0. The number of carbonyl (C=O) groups excluding carboxylic acids is 4. The van der Waals surface area contributed by atoms with Gasteiger partial charge in [0.05, 0.1) is 25.2 Å². The predicted molar refractivity (Wildman–Crippen MR) is 142 cm³/mol. The number of primary amides is 1. The number of nitrogens with two attached hydrogens (primary N) is 2. The van der Waals surface area contributed by atoms with Gasteiger partial charge in [-0.1, -0.05) is 18.2 Å². The van der Waals surface area contributed by atoms with Crippen molar-refractivity contribution >= 4 is 46.5 Å². The van der Waals surface area contributed by atoms with Gasteiger partial charge >= 0.3 is 11.9 Å². The minimum absolute atomic E-state index is 0.0718. The van der Waals surface area contributed by atoms with Crippen molar-refractivity contribution in [1.82, 2.24) is 30.9 Å². The second-order valence-corrected chi connectivity index (χ2v) is 9.24. The minimum Gasteiger partial charge on any atom is -0.481 e. The summed E-state index contributed by atoms with van der Waals surface area (Å²) in [7, 11) is 0. The smallest absolute Gasteiger partial charge is 0.326 e. The number of fused-ring (bicyclic) bond motifs is 1. The standard InChI is InChI=1S/C25H30N8O8/c26-15(7-21(35)36)22(37)31-18(8-20(27)34)24(39)32-17(6-13-10-28-11-30-13)23(38)33-19(25(40)41)5-12-9-29-16-4-2-1-3-14(12)16/h1-4,9-11,15,17-19,29H,5-8,26H2,(H2,27,34)(H,28,30)(H,31,37)(H,32,39)(H,33,38)(H,35,36)(H,40,41). The lowest BCUT2D eigenvalue weighted by Crippen LogP contribution is -2.58. The van der Waals surface area contributed by atoms with Crippen LogP contribution in [0.4, 0.5) is 0 Å². The third-order valence-corrected chi connectivity index (χ3v) is 6.10. The number of carboxylic acids is 2. The molecular formula is C25H30N8O8. The van der Waals surface area contributed by atoms with Crippen molar-refractivity contribution in [1.29, 1.82) is 0 Å². The second-order valence-electron chi connectivity index (χ2n) is 9.24. The van der Waals surface area contributed by atoms with E-state index in [0.29, 0.717) is 11.3 Å². The summed E-state index contributed by atoms with van der Waals surface area (Å²) in [5.74, 6) is -6.57. The molecular weight excluding hydrogens is 540 g/mol. The Kier molecular flexibility index (Phi) is 10.1. The van der Waals surface area contributed by atoms with Gasteiger partial charge in [0.15, 0.2) is 0 Å². The average Bonchev–Trinajstić information content (AvgIpc) is 3.56. The molecule has 0 aliphatic heterocycles. The molecule has 41 heavy (non-hydrogen) atoms. The quantitative estimate of drug-likeness (QED) is 0.0959. The number of nitrogens with one attached hydrogen (secondary N) is 5. The Bertz CT molecular complexity index is 1420. The summed E-state index contributed by atoms with van der Waals surface area (Å²) in [5.41, 5.74) is 12.6. The number of aliphatic carboxylic acids is 2. The van der Waals surface area contributed by atoms with E-state index in [1.807, 2.05) is 12.1 Å². The fraction of sp³-hybridized carbons (Fsp3) is 0.320. The lowest BCUT2D eigenvalue weighted by molar-refractivity contribution is -0.142. The molecule has 4 atom stereocenters. The number of imidazole rings is 1. The number of amides is 4. The third kappa shape index (κ3) is 8.62. The first-order valence-corrected chi connectivity index (χ1v) is 12.4. The molecule has 0 spiro atoms. The number of benzene rings is 1. The van der Waals surface area contributed by atoms with Gasteiger partial charge in [-0.05, 0) is 11.6 Å². The Hall–Kier alpha value is -5.25. The number of aromatic nitrogens is 3. The van der Waals surface area contributed by atoms with E-state index in [1.165, 1.54) is 12.5 Å². The fourth-order valence-electron chi connectivity index (χ4n) is 4.06. The molecule has 16 heteroatoms. The van der Waals surface area contributed by atoms with E-state index in [0.717, 1.165) is 10.9 Å². The van der Waals surface area contributed by atoms with E-state index in [2.05, 4.69) is 30.9 Å². The van der Waals surface area contributed by atoms with Crippen molar-refractivity contribution in [3.8, 4) is 0 Å². The number of carbonyl (C=O) groups is 6. The maximum atomic E-state index is 13.3. The SMILES string of the molecule is NC(=O)CC(NC(=O)C(N)CC(=O)O)C(=O)NC(Cc1cnc[nH]1)C(=O)NC(Cc1c[nH]c2ccccc12)C(=O)O. The van der Waals surface area contributed by atoms with Crippen LogP contribution >= 0.6 is 0 Å². The number of H-pyrrole nitrogens is 2. The Balaban J connectivity index is 1.79. The van der Waals surface area contributed by atoms with Gasteiger partial charge in [-0.3, -0.25) is 24.0 Å². The monoisotopic (exact) mass is 570 g/mol. The molecule has 218 valence electrons. The van der Waals surface area contributed by atoms with Crippen LogP contribution in [-0.2, 0) is 41.6 Å². The molecule has 2 heterocycles. The molecule has 2 aromatic heterocycles. The summed E-state index contributed by atoms with van der Waals surface area (Å²) >= 11 is 0. The predicted octanol–water partition coefficient (Wildman–Crippen LogP) is -2.11. The minimum atomic E-state index is -1.60. The zero-order chi connectivity index (χ0) is 30.1. The first-order chi connectivity index (χ1) is 19.4. The zero-order valence-corrected chi connectivity index (χ0v) is 21.6. The van der Waals surface area contributed by atoms with Crippen LogP contribution in [0.3, 0.4) is 0 Å². The van der Waals surface area contributed by atoms with Crippen molar-refractivity contribution in [2.75, 3.05) is 0 Å². The molecule has 0 fully saturated rings. The molecule has 16 nitrogen and oxygen atoms in total. The van der Waals surface area contributed by atoms with Crippen LogP contribution in [0.1, 0.15) is 24.1 Å². The molecule has 0 saturated carbocycles. The van der Waals surface area contributed by atoms with E-state index in [9.17, 15) is 33.9 Å². The number of hydrogen-bond donors (Lipinski definition) is 9. The maximum Gasteiger partial charge on any atom is 0.326 e. The molecule has 4 amide bonds. The summed E-state index contributed by atoms with van der Waals surface area (Å²) in [5, 5.41) is 26.5. The van der Waals surface area contributed by atoms with Gasteiger partial charge in [-0.2, -0.15) is 0 Å². The number of para-hydroxylation sites is 1. The molecule has 1 aromatic carbocycles. The fourth-order valence-corrected chi connectivity index (χ4v) is 4.06. The van der Waals surface area contributed by atoms with E-state index in [4.69, 9.17) is 16.6 Å². The first-order valence-electron chi connectivity index (χ1n) is 12.4. The molecule has 0 radical (unpaired) electrons. The van der Waals surface area contributed by atoms with E-state index in [1.54, 1.807) is 18.3 Å². The largest absolute Gasteiger partial charge is 0.481 e. The Labute approximate surface area is 232 Å². The highest BCUT2D eigenvalue weighted by molar-refractivity contribution is 5.97. The molecule has 0 aliphatic rings. The van der Waals surface area contributed by atoms with E-state index >= 15 is 0 Å². The van der Waals surface area contributed by atoms with Gasteiger partial charge in [0, 0.05) is 41.8 Å². The summed E-state index contributed by atoms with van der Waals surface area (Å²) in [4.78, 5) is 83.0. The summed E-state index contributed by atoms with van der Waals surface area (Å²) in [6.45, 7) is 0. The van der Waals surface area contributed by atoms with Gasteiger partial charge in [0.1, 0.15) is 18.1 Å². The van der Waals surface area contributed by atoms with Crippen molar-refractivity contribution in [2.45, 2.75) is 49.9 Å². The lowest BCUT2D eigenvalue weighted by Gasteiger charge is -2.24. The highest BCUT2D eigenvalue weighted by Crippen LogP contribution is 2.19. The number of rotatable bonds is 15. The Morgan fingerprint density at radius 2 is 1.51 bits per heavy atom. The maximum absolute atomic E-state index is 13.3. The third-order valence-electron chi connectivity index (χ3n) is 6.10. The van der Waals surface area contributed by atoms with Crippen LogP contribution in [0.25, 0.3) is 10.9 Å². The Morgan fingerprint density at radius 1 is 0.854 bits per heavy atom. The number of nitrogens with zero attached hydrogens (tertiary/aromatic N) is 1. The van der Waals surface area contributed by atoms with E-state index < -0.39 is 72.6 Å². The van der Waals surface area contributed by atoms with Gasteiger partial charge < -0.3 is 47.6 Å². The van der Waals surface area contributed by atoms with Crippen LogP contribution < -0.4 is 27.4 Å². The topological polar surface area (TPSA) is 275 Å². The Morgan fingerprint density at radius 3 is 2.15 bits per heavy atom. The molecule has 3 rings (SSSR count). The summed E-state index contributed by atoms with van der Waals surface area (Å²) in [6, 6.07) is 1.34. The van der Waals surface area contributed by atoms with Crippen molar-refractivity contribution in [2.24, 2.45) is 11.5 Å². The van der Waals surface area contributed by atoms with Crippen molar-refractivity contribution in [3.63, 3.8) is 0 Å². The van der Waals surface area contributed by atoms with E-state index in [-0.39, 0.29) is 12.8 Å². The molecule has 0 saturated heterocycles. The zero-order valence-electron chi connectivity index (χ0n) is 21.6. The van der Waals surface area contributed by atoms with Crippen molar-refractivity contribution < 1.29 is 39.0 Å². The molecule has 0 aliphatic carbocycles. The van der Waals surface area contributed by atoms with Crippen LogP contribution in [-0.4, -0.2) is 84.9 Å². The normalized spacial score (nSPS) is 13.9.